The Bertz CT molecular complexity index is 798. The Balaban J connectivity index is 2.04. The number of H-pyrrole nitrogens is 1. The Morgan fingerprint density at radius 2 is 2.43 bits per heavy atom. The van der Waals surface area contributed by atoms with Crippen molar-refractivity contribution < 1.29 is 9.47 Å². The van der Waals surface area contributed by atoms with Gasteiger partial charge in [0, 0.05) is 6.20 Å². The van der Waals surface area contributed by atoms with E-state index in [4.69, 9.17) is 20.5 Å². The van der Waals surface area contributed by atoms with Gasteiger partial charge in [0.25, 0.3) is 5.56 Å². The van der Waals surface area contributed by atoms with Gasteiger partial charge in [-0.25, -0.2) is 0 Å². The largest absolute Gasteiger partial charge is 0.369 e. The zero-order chi connectivity index (χ0) is 15.2. The van der Waals surface area contributed by atoms with Crippen molar-refractivity contribution in [3.8, 4) is 6.07 Å². The number of nitrogens with one attached hydrogen (secondary N) is 1. The number of nitrogen functional groups attached to an aromatic ring is 1. The van der Waals surface area contributed by atoms with Crippen LogP contribution in [0.5, 0.6) is 0 Å². The molecule has 1 unspecified atom stereocenters. The summed E-state index contributed by atoms with van der Waals surface area (Å²) in [4.78, 5) is 18.5. The van der Waals surface area contributed by atoms with Crippen LogP contribution in [0.1, 0.15) is 19.4 Å². The number of nitriles is 1. The maximum absolute atomic E-state index is 11.9. The molecule has 1 atom stereocenters. The van der Waals surface area contributed by atoms with Crippen molar-refractivity contribution in [1.82, 2.24) is 14.5 Å². The zero-order valence-electron chi connectivity index (χ0n) is 11.7. The van der Waals surface area contributed by atoms with E-state index in [2.05, 4.69) is 9.97 Å². The number of anilines is 1. The van der Waals surface area contributed by atoms with Crippen LogP contribution in [0.15, 0.2) is 11.0 Å². The van der Waals surface area contributed by atoms with E-state index < -0.39 is 11.3 Å². The standard InChI is InChI=1S/C13H15N5O3/c1-13(2)20-6-8(21-13)5-18-4-7(3-14)9-10(18)16-12(15)17-11(9)19/h4,8H,5-6H2,1-2H3,(H3,15,16,17,19). The van der Waals surface area contributed by atoms with E-state index in [-0.39, 0.29) is 23.0 Å². The van der Waals surface area contributed by atoms with E-state index in [0.717, 1.165) is 0 Å². The third kappa shape index (κ3) is 2.37. The molecule has 8 nitrogen and oxygen atoms in total. The number of hydrogen-bond acceptors (Lipinski definition) is 6. The highest BCUT2D eigenvalue weighted by molar-refractivity contribution is 5.83. The minimum absolute atomic E-state index is 0.0141. The molecular formula is C13H15N5O3. The van der Waals surface area contributed by atoms with Crippen LogP contribution in [0.3, 0.4) is 0 Å². The third-order valence-corrected chi connectivity index (χ3v) is 3.33. The molecule has 1 aliphatic rings. The molecule has 0 spiro atoms. The summed E-state index contributed by atoms with van der Waals surface area (Å²) >= 11 is 0. The fraction of sp³-hybridized carbons (Fsp3) is 0.462. The lowest BCUT2D eigenvalue weighted by Crippen LogP contribution is -2.24. The Labute approximate surface area is 120 Å². The first-order chi connectivity index (χ1) is 9.89. The first-order valence-electron chi connectivity index (χ1n) is 6.50. The van der Waals surface area contributed by atoms with E-state index in [1.54, 1.807) is 10.8 Å². The van der Waals surface area contributed by atoms with Gasteiger partial charge in [0.2, 0.25) is 5.95 Å². The van der Waals surface area contributed by atoms with Gasteiger partial charge in [-0.15, -0.1) is 0 Å². The second kappa shape index (κ2) is 4.58. The van der Waals surface area contributed by atoms with E-state index in [9.17, 15) is 4.79 Å². The number of ether oxygens (including phenoxy) is 2. The van der Waals surface area contributed by atoms with Gasteiger partial charge in [-0.05, 0) is 13.8 Å². The van der Waals surface area contributed by atoms with Crippen molar-refractivity contribution in [2.45, 2.75) is 32.3 Å². The van der Waals surface area contributed by atoms with Crippen molar-refractivity contribution in [3.05, 3.63) is 22.1 Å². The first kappa shape index (κ1) is 13.6. The van der Waals surface area contributed by atoms with Gasteiger partial charge in [-0.2, -0.15) is 10.2 Å². The van der Waals surface area contributed by atoms with Gasteiger partial charge in [0.05, 0.1) is 18.7 Å². The number of rotatable bonds is 2. The zero-order valence-corrected chi connectivity index (χ0v) is 11.7. The molecule has 0 amide bonds. The highest BCUT2D eigenvalue weighted by Crippen LogP contribution is 2.25. The highest BCUT2D eigenvalue weighted by Gasteiger charge is 2.33. The third-order valence-electron chi connectivity index (χ3n) is 3.33. The molecule has 110 valence electrons. The molecule has 2 aromatic heterocycles. The number of aromatic amines is 1. The van der Waals surface area contributed by atoms with E-state index in [1.807, 2.05) is 19.9 Å². The summed E-state index contributed by atoms with van der Waals surface area (Å²) in [5.41, 5.74) is 5.79. The molecule has 1 saturated heterocycles. The van der Waals surface area contributed by atoms with Crippen LogP contribution in [0.2, 0.25) is 0 Å². The van der Waals surface area contributed by atoms with Crippen LogP contribution in [0, 0.1) is 11.3 Å². The normalized spacial score (nSPS) is 20.7. The summed E-state index contributed by atoms with van der Waals surface area (Å²) in [5, 5.41) is 9.40. The Morgan fingerprint density at radius 1 is 1.67 bits per heavy atom. The summed E-state index contributed by atoms with van der Waals surface area (Å²) in [6.07, 6.45) is 1.41. The van der Waals surface area contributed by atoms with E-state index in [0.29, 0.717) is 18.8 Å². The fourth-order valence-electron chi connectivity index (χ4n) is 2.51. The summed E-state index contributed by atoms with van der Waals surface area (Å²) < 4.78 is 12.9. The average molecular weight is 289 g/mol. The molecule has 2 aromatic rings. The average Bonchev–Trinajstić information content (AvgIpc) is 2.91. The SMILES string of the molecule is CC1(C)OCC(Cn2cc(C#N)c3c(=O)[nH]c(N)nc32)O1. The number of aromatic nitrogens is 3. The smallest absolute Gasteiger partial charge is 0.263 e. The van der Waals surface area contributed by atoms with Crippen molar-refractivity contribution in [2.75, 3.05) is 12.3 Å². The van der Waals surface area contributed by atoms with Crippen molar-refractivity contribution >= 4 is 17.0 Å². The predicted molar refractivity (Wildman–Crippen MR) is 74.4 cm³/mol. The lowest BCUT2D eigenvalue weighted by atomic mass is 10.3. The Kier molecular flexibility index (Phi) is 2.97. The maximum atomic E-state index is 11.9. The molecule has 1 fully saturated rings. The number of fused-ring (bicyclic) bond motifs is 1. The lowest BCUT2D eigenvalue weighted by molar-refractivity contribution is -0.139. The Morgan fingerprint density at radius 3 is 3.05 bits per heavy atom. The molecule has 21 heavy (non-hydrogen) atoms. The lowest BCUT2D eigenvalue weighted by Gasteiger charge is -2.17. The summed E-state index contributed by atoms with van der Waals surface area (Å²) in [6, 6.07) is 2.00. The second-order valence-electron chi connectivity index (χ2n) is 5.41. The topological polar surface area (TPSA) is 119 Å². The first-order valence-corrected chi connectivity index (χ1v) is 6.50. The molecule has 0 radical (unpaired) electrons. The van der Waals surface area contributed by atoms with Crippen LogP contribution in [0.4, 0.5) is 5.95 Å². The minimum atomic E-state index is -0.629. The van der Waals surface area contributed by atoms with Crippen LogP contribution in [-0.2, 0) is 16.0 Å². The van der Waals surface area contributed by atoms with Gasteiger partial charge in [-0.1, -0.05) is 0 Å². The minimum Gasteiger partial charge on any atom is -0.369 e. The maximum Gasteiger partial charge on any atom is 0.263 e. The second-order valence-corrected chi connectivity index (χ2v) is 5.41. The summed E-state index contributed by atoms with van der Waals surface area (Å²) in [5.74, 6) is -0.615. The van der Waals surface area contributed by atoms with Gasteiger partial charge in [0.15, 0.2) is 11.4 Å². The van der Waals surface area contributed by atoms with Gasteiger partial charge >= 0.3 is 0 Å². The summed E-state index contributed by atoms with van der Waals surface area (Å²) in [6.45, 7) is 4.54. The highest BCUT2D eigenvalue weighted by atomic mass is 16.7. The predicted octanol–water partition coefficient (Wildman–Crippen LogP) is 0.330. The molecular weight excluding hydrogens is 274 g/mol. The molecule has 0 bridgehead atoms. The molecule has 1 aliphatic heterocycles. The molecule has 0 saturated carbocycles. The molecule has 3 N–H and O–H groups in total. The fourth-order valence-corrected chi connectivity index (χ4v) is 2.51. The number of nitrogens with zero attached hydrogens (tertiary/aromatic N) is 3. The summed E-state index contributed by atoms with van der Waals surface area (Å²) in [7, 11) is 0. The molecule has 8 heteroatoms. The molecule has 0 aliphatic carbocycles. The van der Waals surface area contributed by atoms with E-state index in [1.165, 1.54) is 0 Å². The molecule has 0 aromatic carbocycles. The van der Waals surface area contributed by atoms with Crippen molar-refractivity contribution in [1.29, 1.82) is 5.26 Å². The Hall–Kier alpha value is -2.37. The van der Waals surface area contributed by atoms with Crippen molar-refractivity contribution in [3.63, 3.8) is 0 Å². The van der Waals surface area contributed by atoms with Gasteiger partial charge in [-0.3, -0.25) is 9.78 Å². The number of hydrogen-bond donors (Lipinski definition) is 2. The molecule has 3 rings (SSSR count). The van der Waals surface area contributed by atoms with Crippen LogP contribution >= 0.6 is 0 Å². The molecule has 3 heterocycles. The van der Waals surface area contributed by atoms with Gasteiger partial charge in [0.1, 0.15) is 17.6 Å². The number of nitrogens with two attached hydrogens (primary N) is 1. The van der Waals surface area contributed by atoms with Crippen LogP contribution < -0.4 is 11.3 Å². The van der Waals surface area contributed by atoms with Crippen molar-refractivity contribution in [2.24, 2.45) is 0 Å². The quantitative estimate of drug-likeness (QED) is 0.822. The van der Waals surface area contributed by atoms with Crippen LogP contribution in [-0.4, -0.2) is 33.0 Å². The van der Waals surface area contributed by atoms with Crippen LogP contribution in [0.25, 0.3) is 11.0 Å². The van der Waals surface area contributed by atoms with E-state index >= 15 is 0 Å². The van der Waals surface area contributed by atoms with Gasteiger partial charge < -0.3 is 19.8 Å². The monoisotopic (exact) mass is 289 g/mol.